The first-order chi connectivity index (χ1) is 25.7. The van der Waals surface area contributed by atoms with Gasteiger partial charge in [0.15, 0.2) is 7.28 Å². The van der Waals surface area contributed by atoms with Gasteiger partial charge in [-0.1, -0.05) is 180 Å². The highest BCUT2D eigenvalue weighted by atomic mass is 14.9. The summed E-state index contributed by atoms with van der Waals surface area (Å²) < 4.78 is 0. The lowest BCUT2D eigenvalue weighted by molar-refractivity contribution is 0.741. The molecule has 1 atom stereocenters. The zero-order chi connectivity index (χ0) is 34.4. The van der Waals surface area contributed by atoms with Gasteiger partial charge in [-0.3, -0.25) is 0 Å². The number of hydrogen-bond donors (Lipinski definition) is 1. The van der Waals surface area contributed by atoms with E-state index in [0.29, 0.717) is 5.92 Å². The molecule has 2 heterocycles. The second-order valence-electron chi connectivity index (χ2n) is 14.7. The second-order valence-corrected chi connectivity index (χ2v) is 14.7. The second kappa shape index (κ2) is 11.2. The Morgan fingerprint density at radius 1 is 0.596 bits per heavy atom. The molecule has 8 aromatic carbocycles. The molecule has 8 aromatic rings. The highest BCUT2D eigenvalue weighted by Crippen LogP contribution is 2.55. The molecule has 0 spiro atoms. The summed E-state index contributed by atoms with van der Waals surface area (Å²) in [5.41, 5.74) is 20.5. The van der Waals surface area contributed by atoms with Crippen molar-refractivity contribution in [3.63, 3.8) is 0 Å². The van der Waals surface area contributed by atoms with Crippen LogP contribution in [0.15, 0.2) is 170 Å². The molecule has 2 heteroatoms. The van der Waals surface area contributed by atoms with Crippen LogP contribution in [-0.2, 0) is 11.8 Å². The Kier molecular flexibility index (Phi) is 6.37. The topological polar surface area (TPSA) is 12.0 Å². The molecule has 0 saturated carbocycles. The molecule has 2 aliphatic heterocycles. The largest absolute Gasteiger partial charge is 0.354 e. The van der Waals surface area contributed by atoms with Crippen LogP contribution in [-0.4, -0.2) is 7.28 Å². The summed E-state index contributed by atoms with van der Waals surface area (Å²) in [5.74, 6) is 0.291. The normalized spacial score (nSPS) is 15.6. The summed E-state index contributed by atoms with van der Waals surface area (Å²) in [7, 11) is 2.48. The summed E-state index contributed by atoms with van der Waals surface area (Å²) >= 11 is 0. The number of anilines is 2. The number of fused-ring (bicyclic) bond motifs is 8. The van der Waals surface area contributed by atoms with Crippen LogP contribution >= 0.6 is 0 Å². The van der Waals surface area contributed by atoms with Gasteiger partial charge in [0.2, 0.25) is 0 Å². The molecular formula is C50H35BN. The van der Waals surface area contributed by atoms with Crippen LogP contribution in [0.2, 0.25) is 0 Å². The molecule has 3 aliphatic rings. The van der Waals surface area contributed by atoms with Gasteiger partial charge in [-0.2, -0.15) is 0 Å². The lowest BCUT2D eigenvalue weighted by Crippen LogP contribution is -2.42. The summed E-state index contributed by atoms with van der Waals surface area (Å²) in [5, 5.41) is 6.67. The van der Waals surface area contributed by atoms with Gasteiger partial charge >= 0.3 is 0 Å². The van der Waals surface area contributed by atoms with Crippen LogP contribution in [0.1, 0.15) is 50.4 Å². The smallest absolute Gasteiger partial charge is 0.193 e. The third-order valence-electron chi connectivity index (χ3n) is 12.0. The van der Waals surface area contributed by atoms with Crippen LogP contribution in [0, 0.1) is 6.92 Å². The van der Waals surface area contributed by atoms with E-state index in [9.17, 15) is 0 Å². The predicted octanol–water partition coefficient (Wildman–Crippen LogP) is 10.6. The number of nitrogens with one attached hydrogen (secondary N) is 1. The van der Waals surface area contributed by atoms with Crippen molar-refractivity contribution in [3.05, 3.63) is 214 Å². The van der Waals surface area contributed by atoms with Crippen molar-refractivity contribution in [1.82, 2.24) is 0 Å². The molecule has 1 nitrogen and oxygen atoms in total. The van der Waals surface area contributed by atoms with E-state index in [1.54, 1.807) is 0 Å². The van der Waals surface area contributed by atoms with Crippen LogP contribution < -0.4 is 16.2 Å². The highest BCUT2D eigenvalue weighted by molar-refractivity contribution is 6.70. The maximum absolute atomic E-state index is 4.01. The van der Waals surface area contributed by atoms with Gasteiger partial charge in [0, 0.05) is 17.2 Å². The fraction of sp³-hybridized carbons (Fsp3) is 0.0800. The number of benzene rings is 8. The molecule has 1 N–H and O–H groups in total. The molecule has 0 saturated heterocycles. The van der Waals surface area contributed by atoms with Crippen molar-refractivity contribution < 1.29 is 0 Å². The molecular weight excluding hydrogens is 625 g/mol. The molecule has 52 heavy (non-hydrogen) atoms. The van der Waals surface area contributed by atoms with Crippen LogP contribution in [0.5, 0.6) is 0 Å². The van der Waals surface area contributed by atoms with Crippen molar-refractivity contribution in [1.29, 1.82) is 0 Å². The van der Waals surface area contributed by atoms with Crippen LogP contribution in [0.3, 0.4) is 0 Å². The minimum atomic E-state index is -0.499. The van der Waals surface area contributed by atoms with E-state index in [-0.39, 0.29) is 0 Å². The van der Waals surface area contributed by atoms with E-state index in [1.807, 2.05) is 0 Å². The van der Waals surface area contributed by atoms with E-state index < -0.39 is 5.41 Å². The number of para-hydroxylation sites is 2. The maximum atomic E-state index is 4.01. The lowest BCUT2D eigenvalue weighted by Gasteiger charge is -2.43. The molecule has 1 radical (unpaired) electrons. The zero-order valence-electron chi connectivity index (χ0n) is 29.0. The fourth-order valence-corrected chi connectivity index (χ4v) is 9.95. The first kappa shape index (κ1) is 29.6. The van der Waals surface area contributed by atoms with Crippen molar-refractivity contribution in [2.75, 3.05) is 5.32 Å². The molecule has 0 bridgehead atoms. The highest BCUT2D eigenvalue weighted by Gasteiger charge is 2.45. The number of rotatable bonds is 3. The summed E-state index contributed by atoms with van der Waals surface area (Å²) in [6.07, 6.45) is 0.998. The molecule has 0 amide bonds. The first-order valence-electron chi connectivity index (χ1n) is 18.4. The summed E-state index contributed by atoms with van der Waals surface area (Å²) in [4.78, 5) is 0. The third-order valence-corrected chi connectivity index (χ3v) is 12.0. The van der Waals surface area contributed by atoms with Crippen molar-refractivity contribution >= 4 is 40.4 Å². The molecule has 0 fully saturated rings. The third kappa shape index (κ3) is 4.07. The van der Waals surface area contributed by atoms with Crippen molar-refractivity contribution in [2.24, 2.45) is 0 Å². The van der Waals surface area contributed by atoms with Crippen LogP contribution in [0.25, 0.3) is 33.0 Å². The number of aryl methyl sites for hydroxylation is 1. The van der Waals surface area contributed by atoms with E-state index >= 15 is 0 Å². The Hall–Kier alpha value is -6.12. The Morgan fingerprint density at radius 2 is 1.29 bits per heavy atom. The quantitative estimate of drug-likeness (QED) is 0.186. The Bertz CT molecular complexity index is 2690. The first-order valence-corrected chi connectivity index (χ1v) is 18.4. The predicted molar refractivity (Wildman–Crippen MR) is 218 cm³/mol. The SMILES string of the molecule is Cc1cc(-c2cccc3c2Nc2ccccc2C3(c2ccccc2)c2ccccc2)c2c(c1)C1Cc3ccc4ccccc4c3-c3cccc(c31)[B]2. The van der Waals surface area contributed by atoms with E-state index in [4.69, 9.17) is 0 Å². The molecule has 1 unspecified atom stereocenters. The maximum Gasteiger partial charge on any atom is 0.193 e. The minimum Gasteiger partial charge on any atom is -0.354 e. The average molecular weight is 661 g/mol. The average Bonchev–Trinajstić information content (AvgIpc) is 3.20. The minimum absolute atomic E-state index is 0.291. The monoisotopic (exact) mass is 660 g/mol. The lowest BCUT2D eigenvalue weighted by atomic mass is 9.50. The summed E-state index contributed by atoms with van der Waals surface area (Å²) in [6, 6.07) is 63.4. The van der Waals surface area contributed by atoms with E-state index in [2.05, 4.69) is 189 Å². The van der Waals surface area contributed by atoms with Crippen LogP contribution in [0.4, 0.5) is 11.4 Å². The summed E-state index contributed by atoms with van der Waals surface area (Å²) in [6.45, 7) is 2.27. The molecule has 243 valence electrons. The van der Waals surface area contributed by atoms with Gasteiger partial charge in [0.1, 0.15) is 0 Å². The van der Waals surface area contributed by atoms with Gasteiger partial charge in [-0.25, -0.2) is 0 Å². The van der Waals surface area contributed by atoms with Gasteiger partial charge in [-0.05, 0) is 85.8 Å². The number of hydrogen-bond acceptors (Lipinski definition) is 1. The van der Waals surface area contributed by atoms with Gasteiger partial charge in [-0.15, -0.1) is 0 Å². The van der Waals surface area contributed by atoms with Gasteiger partial charge < -0.3 is 5.32 Å². The zero-order valence-corrected chi connectivity index (χ0v) is 29.0. The van der Waals surface area contributed by atoms with Gasteiger partial charge in [0.25, 0.3) is 0 Å². The Labute approximate surface area is 305 Å². The molecule has 0 aromatic heterocycles. The van der Waals surface area contributed by atoms with Crippen molar-refractivity contribution in [2.45, 2.75) is 24.7 Å². The van der Waals surface area contributed by atoms with E-state index in [0.717, 1.165) is 12.1 Å². The molecule has 1 aliphatic carbocycles. The Morgan fingerprint density at radius 3 is 2.12 bits per heavy atom. The van der Waals surface area contributed by atoms with Crippen molar-refractivity contribution in [3.8, 4) is 22.3 Å². The molecule has 11 rings (SSSR count). The fourth-order valence-electron chi connectivity index (χ4n) is 9.95. The standard InChI is InChI=1S/C50H35BN/c1-31-28-40(48-41(29-31)39-30-33-27-26-32-14-8-9-19-36(32)46(33)38-21-13-24-44(51-48)47(38)39)37-20-12-23-43-49(37)52-45-25-11-10-22-42(45)50(43,34-15-4-2-5-16-34)35-17-6-3-7-18-35/h2-29,39,52H,30H2,1H3. The van der Waals surface area contributed by atoms with Gasteiger partial charge in [0.05, 0.1) is 11.1 Å². The van der Waals surface area contributed by atoms with E-state index in [1.165, 1.54) is 94.1 Å². The Balaban J connectivity index is 1.16.